The lowest BCUT2D eigenvalue weighted by Crippen LogP contribution is -2.71. The molecule has 1 rings (SSSR count). The number of carbonyl (C=O) groups is 1. The number of carboxylic acid groups (broad SMARTS) is 1. The van der Waals surface area contributed by atoms with Crippen LogP contribution in [0.4, 0.5) is 17.6 Å². The van der Waals surface area contributed by atoms with Gasteiger partial charge in [0.1, 0.15) is 5.97 Å². The van der Waals surface area contributed by atoms with Crippen LogP contribution in [0.2, 0.25) is 0 Å². The summed E-state index contributed by atoms with van der Waals surface area (Å²) in [5.74, 6) is -11.2. The van der Waals surface area contributed by atoms with E-state index in [0.29, 0.717) is 6.61 Å². The molecule has 1 atom stereocenters. The first-order valence-corrected chi connectivity index (χ1v) is 13.3. The van der Waals surface area contributed by atoms with Crippen molar-refractivity contribution in [1.29, 1.82) is 0 Å². The highest BCUT2D eigenvalue weighted by Gasteiger charge is 2.83. The minimum absolute atomic E-state index is 0.0417. The average Bonchev–Trinajstić information content (AvgIpc) is 2.84. The summed E-state index contributed by atoms with van der Waals surface area (Å²) in [6, 6.07) is 0. The van der Waals surface area contributed by atoms with Crippen LogP contribution in [0.15, 0.2) is 0 Å². The van der Waals surface area contributed by atoms with E-state index in [9.17, 15) is 27.5 Å². The number of aliphatic carboxylic acids is 1. The predicted molar refractivity (Wildman–Crippen MR) is 125 cm³/mol. The normalized spacial score (nSPS) is 22.8. The summed E-state index contributed by atoms with van der Waals surface area (Å²) in [6.07, 6.45) is 16.8. The molecule has 1 saturated heterocycles. The van der Waals surface area contributed by atoms with Crippen molar-refractivity contribution in [3.63, 3.8) is 0 Å². The molecule has 0 aromatic heterocycles. The van der Waals surface area contributed by atoms with Crippen LogP contribution in [-0.4, -0.2) is 61.7 Å². The number of carboxylic acids is 1. The zero-order valence-corrected chi connectivity index (χ0v) is 21.6. The van der Waals surface area contributed by atoms with Gasteiger partial charge >= 0.3 is 11.8 Å². The second-order valence-electron chi connectivity index (χ2n) is 10.6. The van der Waals surface area contributed by atoms with Crippen LogP contribution in [-0.2, 0) is 9.53 Å². The fourth-order valence-corrected chi connectivity index (χ4v) is 5.28. The van der Waals surface area contributed by atoms with Gasteiger partial charge in [-0.1, -0.05) is 90.4 Å². The number of ether oxygens (including phenoxy) is 1. The Balaban J connectivity index is 2.10. The number of unbranched alkanes of at least 4 members (excludes halogenated alkanes) is 13. The summed E-state index contributed by atoms with van der Waals surface area (Å²) in [5, 5.41) is 11.7. The Morgan fingerprint density at radius 3 is 1.56 bits per heavy atom. The predicted octanol–water partition coefficient (Wildman–Crippen LogP) is 6.11. The minimum atomic E-state index is -4.68. The van der Waals surface area contributed by atoms with E-state index < -0.39 is 40.8 Å². The van der Waals surface area contributed by atoms with Gasteiger partial charge in [-0.25, -0.2) is 0 Å². The second-order valence-corrected chi connectivity index (χ2v) is 10.6. The van der Waals surface area contributed by atoms with Gasteiger partial charge < -0.3 is 19.1 Å². The van der Waals surface area contributed by atoms with Crippen molar-refractivity contribution >= 4 is 5.97 Å². The number of rotatable bonds is 20. The lowest BCUT2D eigenvalue weighted by molar-refractivity contribution is -0.928. The Kier molecular flexibility index (Phi) is 13.4. The number of hydrogen-bond donors (Lipinski definition) is 0. The van der Waals surface area contributed by atoms with Crippen molar-refractivity contribution in [3.05, 3.63) is 0 Å². The highest BCUT2D eigenvalue weighted by Crippen LogP contribution is 2.56. The molecule has 0 spiro atoms. The Hall–Kier alpha value is -0.890. The molecule has 0 N–H and O–H groups in total. The Morgan fingerprint density at radius 2 is 1.18 bits per heavy atom. The number of quaternary nitrogens is 1. The van der Waals surface area contributed by atoms with Crippen LogP contribution >= 0.6 is 0 Å². The summed E-state index contributed by atoms with van der Waals surface area (Å²) in [4.78, 5) is 11.7. The van der Waals surface area contributed by atoms with Gasteiger partial charge in [0.25, 0.3) is 0 Å². The number of alkyl halides is 4. The monoisotopic (exact) mass is 497 g/mol. The minimum Gasteiger partial charge on any atom is -0.544 e. The van der Waals surface area contributed by atoms with E-state index in [1.165, 1.54) is 70.6 Å². The van der Waals surface area contributed by atoms with E-state index in [1.807, 2.05) is 0 Å². The van der Waals surface area contributed by atoms with Crippen LogP contribution in [0, 0.1) is 0 Å². The highest BCUT2D eigenvalue weighted by molar-refractivity contribution is 5.77. The topological polar surface area (TPSA) is 49.4 Å². The molecule has 0 radical (unpaired) electrons. The molecule has 1 aliphatic heterocycles. The van der Waals surface area contributed by atoms with Gasteiger partial charge in [-0.15, -0.1) is 0 Å². The van der Waals surface area contributed by atoms with Gasteiger partial charge in [-0.2, -0.15) is 17.6 Å². The summed E-state index contributed by atoms with van der Waals surface area (Å²) in [6.45, 7) is 1.52. The third kappa shape index (κ3) is 8.07. The number of likely N-dealkylation sites (N-methyl/N-ethyl adjacent to an activating group) is 1. The maximum atomic E-state index is 14.5. The van der Waals surface area contributed by atoms with Gasteiger partial charge in [0, 0.05) is 19.6 Å². The zero-order valence-electron chi connectivity index (χ0n) is 21.6. The van der Waals surface area contributed by atoms with Gasteiger partial charge in [0.05, 0.1) is 14.1 Å². The third-order valence-electron chi connectivity index (χ3n) is 7.41. The number of likely N-dealkylation sites (tertiary alicyclic amines) is 1. The average molecular weight is 498 g/mol. The fourth-order valence-electron chi connectivity index (χ4n) is 5.28. The molecule has 34 heavy (non-hydrogen) atoms. The van der Waals surface area contributed by atoms with E-state index in [2.05, 4.69) is 6.92 Å². The molecule has 0 aliphatic carbocycles. The van der Waals surface area contributed by atoms with Crippen LogP contribution in [0.25, 0.3) is 0 Å². The van der Waals surface area contributed by atoms with Crippen molar-refractivity contribution in [1.82, 2.24) is 0 Å². The van der Waals surface area contributed by atoms with E-state index in [4.69, 9.17) is 4.74 Å². The maximum Gasteiger partial charge on any atom is 0.374 e. The summed E-state index contributed by atoms with van der Waals surface area (Å²) >= 11 is 0. The first-order chi connectivity index (χ1) is 16.0. The number of carbonyl (C=O) groups excluding carboxylic acids is 1. The molecule has 0 saturated carbocycles. The van der Waals surface area contributed by atoms with Crippen LogP contribution < -0.4 is 5.11 Å². The first-order valence-electron chi connectivity index (χ1n) is 13.3. The van der Waals surface area contributed by atoms with E-state index in [-0.39, 0.29) is 13.0 Å². The van der Waals surface area contributed by atoms with Crippen molar-refractivity contribution < 1.29 is 36.7 Å². The molecular formula is C26H47F4NO3. The molecule has 1 unspecified atom stereocenters. The molecule has 1 heterocycles. The smallest absolute Gasteiger partial charge is 0.374 e. The summed E-state index contributed by atoms with van der Waals surface area (Å²) in [5.41, 5.74) is -2.96. The molecule has 202 valence electrons. The van der Waals surface area contributed by atoms with Crippen molar-refractivity contribution in [3.8, 4) is 0 Å². The Labute approximate surface area is 204 Å². The summed E-state index contributed by atoms with van der Waals surface area (Å²) < 4.78 is 61.2. The Morgan fingerprint density at radius 1 is 0.765 bits per heavy atom. The largest absolute Gasteiger partial charge is 0.544 e. The van der Waals surface area contributed by atoms with Gasteiger partial charge in [0.2, 0.25) is 5.54 Å². The van der Waals surface area contributed by atoms with Crippen molar-refractivity contribution in [2.24, 2.45) is 0 Å². The number of halogens is 4. The zero-order chi connectivity index (χ0) is 25.7. The van der Waals surface area contributed by atoms with E-state index in [0.717, 1.165) is 33.4 Å². The van der Waals surface area contributed by atoms with E-state index in [1.54, 1.807) is 0 Å². The van der Waals surface area contributed by atoms with Crippen molar-refractivity contribution in [2.75, 3.05) is 33.9 Å². The molecule has 4 nitrogen and oxygen atoms in total. The van der Waals surface area contributed by atoms with Crippen LogP contribution in [0.5, 0.6) is 0 Å². The molecule has 1 fully saturated rings. The van der Waals surface area contributed by atoms with Crippen molar-refractivity contribution in [2.45, 2.75) is 127 Å². The molecule has 0 bridgehead atoms. The lowest BCUT2D eigenvalue weighted by Gasteiger charge is -2.45. The maximum absolute atomic E-state index is 14.5. The molecule has 0 aromatic rings. The standard InChI is InChI=1S/C26H47F4NO3/c1-4-5-6-7-8-9-10-11-12-13-14-15-16-17-20-34-21-18-19-24(23(32)33)26(29,30)25(27,28)22-31(24,2)3/h4-22H2,1-3H3. The second kappa shape index (κ2) is 14.6. The fraction of sp³-hybridized carbons (Fsp3) is 0.962. The molecular weight excluding hydrogens is 450 g/mol. The summed E-state index contributed by atoms with van der Waals surface area (Å²) in [7, 11) is 2.19. The highest BCUT2D eigenvalue weighted by atomic mass is 19.3. The van der Waals surface area contributed by atoms with Gasteiger partial charge in [0.15, 0.2) is 6.54 Å². The van der Waals surface area contributed by atoms with Crippen LogP contribution in [0.1, 0.15) is 110 Å². The first kappa shape index (κ1) is 31.1. The quantitative estimate of drug-likeness (QED) is 0.116. The van der Waals surface area contributed by atoms with Crippen LogP contribution in [0.3, 0.4) is 0 Å². The lowest BCUT2D eigenvalue weighted by atomic mass is 9.85. The molecule has 1 aliphatic rings. The molecule has 0 amide bonds. The third-order valence-corrected chi connectivity index (χ3v) is 7.41. The Bertz CT molecular complexity index is 586. The SMILES string of the molecule is CCCCCCCCCCCCCCCCOCCCC1(C(=O)[O-])C(F)(F)C(F)(F)C[N+]1(C)C. The molecule has 0 aromatic carbocycles. The number of nitrogens with zero attached hydrogens (tertiary/aromatic N) is 1. The van der Waals surface area contributed by atoms with Gasteiger partial charge in [-0.05, 0) is 12.8 Å². The number of hydrogen-bond acceptors (Lipinski definition) is 3. The molecule has 8 heteroatoms. The van der Waals surface area contributed by atoms with Gasteiger partial charge in [-0.3, -0.25) is 0 Å². The van der Waals surface area contributed by atoms with E-state index >= 15 is 0 Å².